The van der Waals surface area contributed by atoms with Gasteiger partial charge < -0.3 is 10.5 Å². The maximum absolute atomic E-state index is 6.09. The van der Waals surface area contributed by atoms with Crippen molar-refractivity contribution in [2.45, 2.75) is 20.8 Å². The van der Waals surface area contributed by atoms with Crippen molar-refractivity contribution in [3.63, 3.8) is 0 Å². The number of hydrogen-bond donors (Lipinski definition) is 1. The van der Waals surface area contributed by atoms with Crippen molar-refractivity contribution in [3.8, 4) is 16.9 Å². The average Bonchev–Trinajstić information content (AvgIpc) is 2.72. The Hall–Kier alpha value is -1.49. The summed E-state index contributed by atoms with van der Waals surface area (Å²) in [5.41, 5.74) is 11.4. The van der Waals surface area contributed by atoms with Gasteiger partial charge in [-0.3, -0.25) is 4.68 Å². The van der Waals surface area contributed by atoms with Gasteiger partial charge >= 0.3 is 0 Å². The lowest BCUT2D eigenvalue weighted by Gasteiger charge is -2.18. The number of nitrogens with two attached hydrogens (primary N) is 1. The molecular formula is C14H18BrN3O. The normalized spacial score (nSPS) is 10.8. The lowest BCUT2D eigenvalue weighted by Crippen LogP contribution is -2.02. The van der Waals surface area contributed by atoms with Crippen molar-refractivity contribution in [2.75, 3.05) is 12.8 Å². The van der Waals surface area contributed by atoms with Gasteiger partial charge in [-0.2, -0.15) is 5.10 Å². The quantitative estimate of drug-likeness (QED) is 0.921. The molecule has 0 atom stereocenters. The summed E-state index contributed by atoms with van der Waals surface area (Å²) >= 11 is 3.65. The van der Waals surface area contributed by atoms with Gasteiger partial charge in [-0.15, -0.1) is 0 Å². The highest BCUT2D eigenvalue weighted by Gasteiger charge is 2.21. The van der Waals surface area contributed by atoms with Crippen molar-refractivity contribution in [2.24, 2.45) is 7.05 Å². The van der Waals surface area contributed by atoms with Gasteiger partial charge in [-0.25, -0.2) is 0 Å². The molecule has 1 aromatic carbocycles. The van der Waals surface area contributed by atoms with Crippen LogP contribution in [0.1, 0.15) is 16.7 Å². The first-order valence-electron chi connectivity index (χ1n) is 6.01. The topological polar surface area (TPSA) is 53.1 Å². The van der Waals surface area contributed by atoms with E-state index in [-0.39, 0.29) is 0 Å². The predicted octanol–water partition coefficient (Wildman–Crippen LogP) is 3.37. The molecule has 4 nitrogen and oxygen atoms in total. The highest BCUT2D eigenvalue weighted by atomic mass is 79.9. The Morgan fingerprint density at radius 2 is 1.84 bits per heavy atom. The second-order valence-electron chi connectivity index (χ2n) is 4.66. The van der Waals surface area contributed by atoms with Gasteiger partial charge in [-0.1, -0.05) is 15.9 Å². The predicted molar refractivity (Wildman–Crippen MR) is 81.5 cm³/mol. The van der Waals surface area contributed by atoms with E-state index in [9.17, 15) is 0 Å². The third kappa shape index (κ3) is 2.02. The second-order valence-corrected chi connectivity index (χ2v) is 5.46. The summed E-state index contributed by atoms with van der Waals surface area (Å²) in [6.45, 7) is 6.18. The van der Waals surface area contributed by atoms with Crippen LogP contribution in [0.4, 0.5) is 5.82 Å². The van der Waals surface area contributed by atoms with Crippen molar-refractivity contribution in [1.29, 1.82) is 0 Å². The first kappa shape index (κ1) is 13.9. The van der Waals surface area contributed by atoms with E-state index in [1.54, 1.807) is 18.0 Å². The Kier molecular flexibility index (Phi) is 3.58. The minimum atomic E-state index is 0.636. The zero-order chi connectivity index (χ0) is 14.3. The van der Waals surface area contributed by atoms with Crippen molar-refractivity contribution in [3.05, 3.63) is 27.4 Å². The molecule has 102 valence electrons. The van der Waals surface area contributed by atoms with E-state index in [1.807, 2.05) is 7.05 Å². The molecule has 0 fully saturated rings. The van der Waals surface area contributed by atoms with Crippen LogP contribution in [0.15, 0.2) is 10.7 Å². The van der Waals surface area contributed by atoms with Crippen LogP contribution in [-0.2, 0) is 7.05 Å². The number of nitrogen functional groups attached to an aromatic ring is 1. The largest absolute Gasteiger partial charge is 0.496 e. The van der Waals surface area contributed by atoms with Crippen molar-refractivity contribution in [1.82, 2.24) is 9.78 Å². The number of halogens is 1. The zero-order valence-electron chi connectivity index (χ0n) is 11.8. The fourth-order valence-corrected chi connectivity index (χ4v) is 2.80. The van der Waals surface area contributed by atoms with Gasteiger partial charge in [0.2, 0.25) is 0 Å². The number of aromatic nitrogens is 2. The summed E-state index contributed by atoms with van der Waals surface area (Å²) in [6.07, 6.45) is 1.78. The lowest BCUT2D eigenvalue weighted by atomic mass is 9.95. The van der Waals surface area contributed by atoms with Crippen LogP contribution in [0.2, 0.25) is 0 Å². The maximum atomic E-state index is 6.09. The number of benzene rings is 1. The molecular weight excluding hydrogens is 306 g/mol. The summed E-state index contributed by atoms with van der Waals surface area (Å²) in [4.78, 5) is 0. The van der Waals surface area contributed by atoms with Crippen LogP contribution in [-0.4, -0.2) is 16.9 Å². The fourth-order valence-electron chi connectivity index (χ4n) is 2.30. The Morgan fingerprint density at radius 3 is 2.32 bits per heavy atom. The smallest absolute Gasteiger partial charge is 0.130 e. The molecule has 0 aliphatic rings. The molecule has 1 aromatic heterocycles. The van der Waals surface area contributed by atoms with Gasteiger partial charge in [0.15, 0.2) is 0 Å². The van der Waals surface area contributed by atoms with E-state index in [4.69, 9.17) is 10.5 Å². The van der Waals surface area contributed by atoms with Gasteiger partial charge in [0, 0.05) is 22.6 Å². The molecule has 0 unspecified atom stereocenters. The number of rotatable bonds is 2. The third-order valence-corrected chi connectivity index (χ3v) is 4.81. The van der Waals surface area contributed by atoms with E-state index >= 15 is 0 Å². The summed E-state index contributed by atoms with van der Waals surface area (Å²) in [5, 5.41) is 4.21. The molecule has 0 saturated carbocycles. The molecule has 0 radical (unpaired) electrons. The Bertz CT molecular complexity index is 647. The summed E-state index contributed by atoms with van der Waals surface area (Å²) in [6, 6.07) is 0. The fraction of sp³-hybridized carbons (Fsp3) is 0.357. The van der Waals surface area contributed by atoms with Crippen LogP contribution in [0.3, 0.4) is 0 Å². The molecule has 19 heavy (non-hydrogen) atoms. The van der Waals surface area contributed by atoms with Gasteiger partial charge in [0.1, 0.15) is 11.6 Å². The van der Waals surface area contributed by atoms with Crippen LogP contribution in [0.25, 0.3) is 11.1 Å². The highest BCUT2D eigenvalue weighted by molar-refractivity contribution is 9.10. The van der Waals surface area contributed by atoms with Crippen LogP contribution < -0.4 is 10.5 Å². The minimum Gasteiger partial charge on any atom is -0.496 e. The minimum absolute atomic E-state index is 0.636. The van der Waals surface area contributed by atoms with Crippen LogP contribution >= 0.6 is 15.9 Å². The standard InChI is InChI=1S/C14H18BrN3O/c1-7-8(2)13(19-5)11(9(3)12(7)15)10-6-17-18(4)14(10)16/h6H,16H2,1-5H3. The molecule has 2 rings (SSSR count). The van der Waals surface area contributed by atoms with E-state index < -0.39 is 0 Å². The van der Waals surface area contributed by atoms with E-state index in [0.717, 1.165) is 32.5 Å². The molecule has 5 heteroatoms. The van der Waals surface area contributed by atoms with Crippen molar-refractivity contribution >= 4 is 21.7 Å². The van der Waals surface area contributed by atoms with Gasteiger partial charge in [-0.05, 0) is 37.5 Å². The number of ether oxygens (including phenoxy) is 1. The van der Waals surface area contributed by atoms with Gasteiger partial charge in [0.05, 0.1) is 13.3 Å². The SMILES string of the molecule is COc1c(C)c(C)c(Br)c(C)c1-c1cnn(C)c1N. The second kappa shape index (κ2) is 4.89. The van der Waals surface area contributed by atoms with Crippen molar-refractivity contribution < 1.29 is 4.74 Å². The Labute approximate surface area is 121 Å². The number of anilines is 1. The molecule has 0 bridgehead atoms. The van der Waals surface area contributed by atoms with E-state index in [2.05, 4.69) is 41.8 Å². The first-order chi connectivity index (χ1) is 8.90. The van der Waals surface area contributed by atoms with Gasteiger partial charge in [0.25, 0.3) is 0 Å². The highest BCUT2D eigenvalue weighted by Crippen LogP contribution is 2.43. The van der Waals surface area contributed by atoms with E-state index in [1.165, 1.54) is 5.56 Å². The average molecular weight is 324 g/mol. The Morgan fingerprint density at radius 1 is 1.21 bits per heavy atom. The van der Waals surface area contributed by atoms with Crippen LogP contribution in [0, 0.1) is 20.8 Å². The molecule has 2 N–H and O–H groups in total. The third-order valence-electron chi connectivity index (χ3n) is 3.62. The van der Waals surface area contributed by atoms with E-state index in [0.29, 0.717) is 5.82 Å². The summed E-state index contributed by atoms with van der Waals surface area (Å²) in [7, 11) is 3.52. The number of nitrogens with zero attached hydrogens (tertiary/aromatic N) is 2. The monoisotopic (exact) mass is 323 g/mol. The molecule has 1 heterocycles. The van der Waals surface area contributed by atoms with Crippen LogP contribution in [0.5, 0.6) is 5.75 Å². The number of aryl methyl sites for hydroxylation is 1. The maximum Gasteiger partial charge on any atom is 0.130 e. The Balaban J connectivity index is 2.87. The summed E-state index contributed by atoms with van der Waals surface area (Å²) in [5.74, 6) is 1.49. The molecule has 0 spiro atoms. The lowest BCUT2D eigenvalue weighted by molar-refractivity contribution is 0.412. The first-order valence-corrected chi connectivity index (χ1v) is 6.80. The summed E-state index contributed by atoms with van der Waals surface area (Å²) < 4.78 is 8.35. The number of hydrogen-bond acceptors (Lipinski definition) is 3. The zero-order valence-corrected chi connectivity index (χ0v) is 13.4. The molecule has 2 aromatic rings. The molecule has 0 saturated heterocycles. The number of methoxy groups -OCH3 is 1. The molecule has 0 amide bonds. The molecule has 0 aliphatic carbocycles. The molecule has 0 aliphatic heterocycles.